The Labute approximate surface area is 136 Å². The molecule has 3 rings (SSSR count). The van der Waals surface area contributed by atoms with Gasteiger partial charge in [-0.1, -0.05) is 18.2 Å². The van der Waals surface area contributed by atoms with Gasteiger partial charge in [0, 0.05) is 32.7 Å². The minimum atomic E-state index is -3.48. The lowest BCUT2D eigenvalue weighted by molar-refractivity contribution is -0.137. The highest BCUT2D eigenvalue weighted by Crippen LogP contribution is 2.17. The third-order valence-corrected chi connectivity index (χ3v) is 6.06. The van der Waals surface area contributed by atoms with Crippen LogP contribution in [0.2, 0.25) is 0 Å². The molecule has 8 heteroatoms. The van der Waals surface area contributed by atoms with Crippen molar-refractivity contribution in [2.24, 2.45) is 0 Å². The van der Waals surface area contributed by atoms with Crippen LogP contribution in [0.25, 0.3) is 0 Å². The van der Waals surface area contributed by atoms with Crippen LogP contribution in [0, 0.1) is 0 Å². The van der Waals surface area contributed by atoms with Crippen molar-refractivity contribution in [2.75, 3.05) is 45.9 Å². The number of sulfonamides is 1. The number of carbonyl (C=O) groups is 1. The van der Waals surface area contributed by atoms with Crippen LogP contribution in [0.1, 0.15) is 0 Å². The van der Waals surface area contributed by atoms with Gasteiger partial charge in [0.25, 0.3) is 0 Å². The predicted molar refractivity (Wildman–Crippen MR) is 84.4 cm³/mol. The monoisotopic (exact) mass is 339 g/mol. The summed E-state index contributed by atoms with van der Waals surface area (Å²) in [6, 6.07) is 8.07. The number of ether oxygens (including phenoxy) is 1. The van der Waals surface area contributed by atoms with Gasteiger partial charge >= 0.3 is 0 Å². The molecule has 2 fully saturated rings. The van der Waals surface area contributed by atoms with E-state index in [1.807, 2.05) is 0 Å². The minimum absolute atomic E-state index is 0.0125. The van der Waals surface area contributed by atoms with E-state index in [0.717, 1.165) is 0 Å². The first-order valence-corrected chi connectivity index (χ1v) is 9.18. The van der Waals surface area contributed by atoms with Gasteiger partial charge in [0.15, 0.2) is 0 Å². The zero-order valence-corrected chi connectivity index (χ0v) is 13.7. The second-order valence-corrected chi connectivity index (χ2v) is 7.56. The lowest BCUT2D eigenvalue weighted by Crippen LogP contribution is -2.57. The third-order valence-electron chi connectivity index (χ3n) is 4.15. The first-order valence-electron chi connectivity index (χ1n) is 7.74. The lowest BCUT2D eigenvalue weighted by Gasteiger charge is -2.36. The van der Waals surface area contributed by atoms with Crippen LogP contribution in [-0.4, -0.2) is 75.5 Å². The SMILES string of the molecule is O=C(C1COCCN1)N1CCN(S(=O)(=O)c2ccccc2)CC1. The van der Waals surface area contributed by atoms with E-state index in [4.69, 9.17) is 4.74 Å². The Morgan fingerprint density at radius 1 is 1.13 bits per heavy atom. The summed E-state index contributed by atoms with van der Waals surface area (Å²) in [6.45, 7) is 3.10. The maximum absolute atomic E-state index is 12.6. The van der Waals surface area contributed by atoms with Crippen molar-refractivity contribution in [3.63, 3.8) is 0 Å². The summed E-state index contributed by atoms with van der Waals surface area (Å²) < 4.78 is 31.9. The van der Waals surface area contributed by atoms with E-state index in [-0.39, 0.29) is 11.9 Å². The molecule has 23 heavy (non-hydrogen) atoms. The molecule has 126 valence electrons. The van der Waals surface area contributed by atoms with Crippen LogP contribution in [0.4, 0.5) is 0 Å². The zero-order chi connectivity index (χ0) is 16.3. The van der Waals surface area contributed by atoms with Crippen molar-refractivity contribution in [3.05, 3.63) is 30.3 Å². The number of hydrogen-bond donors (Lipinski definition) is 1. The molecule has 2 heterocycles. The molecule has 0 bridgehead atoms. The van der Waals surface area contributed by atoms with Crippen LogP contribution in [-0.2, 0) is 19.6 Å². The average Bonchev–Trinajstić information content (AvgIpc) is 2.63. The second-order valence-electron chi connectivity index (χ2n) is 5.62. The largest absolute Gasteiger partial charge is 0.378 e. The molecule has 2 saturated heterocycles. The first-order chi connectivity index (χ1) is 11.1. The van der Waals surface area contributed by atoms with Gasteiger partial charge in [-0.15, -0.1) is 0 Å². The second kappa shape index (κ2) is 6.96. The van der Waals surface area contributed by atoms with Crippen molar-refractivity contribution >= 4 is 15.9 Å². The number of piperazine rings is 1. The molecule has 1 amide bonds. The Balaban J connectivity index is 1.61. The number of nitrogens with one attached hydrogen (secondary N) is 1. The third kappa shape index (κ3) is 3.55. The fourth-order valence-corrected chi connectivity index (χ4v) is 4.28. The average molecular weight is 339 g/mol. The Bertz CT molecular complexity index is 636. The zero-order valence-electron chi connectivity index (χ0n) is 12.8. The van der Waals surface area contributed by atoms with Crippen molar-refractivity contribution in [2.45, 2.75) is 10.9 Å². The number of amides is 1. The van der Waals surface area contributed by atoms with Crippen molar-refractivity contribution in [1.29, 1.82) is 0 Å². The fourth-order valence-electron chi connectivity index (χ4n) is 2.83. The van der Waals surface area contributed by atoms with Gasteiger partial charge in [0.1, 0.15) is 6.04 Å². The summed E-state index contributed by atoms with van der Waals surface area (Å²) in [5.74, 6) is -0.0125. The number of nitrogens with zero attached hydrogens (tertiary/aromatic N) is 2. The van der Waals surface area contributed by atoms with E-state index in [2.05, 4.69) is 5.32 Å². The molecule has 0 saturated carbocycles. The summed E-state index contributed by atoms with van der Waals surface area (Å²) in [5, 5.41) is 3.14. The van der Waals surface area contributed by atoms with Crippen LogP contribution in [0.15, 0.2) is 35.2 Å². The van der Waals surface area contributed by atoms with Crippen molar-refractivity contribution < 1.29 is 17.9 Å². The van der Waals surface area contributed by atoms with Crippen molar-refractivity contribution in [1.82, 2.24) is 14.5 Å². The van der Waals surface area contributed by atoms with Crippen molar-refractivity contribution in [3.8, 4) is 0 Å². The Hall–Kier alpha value is -1.48. The Kier molecular flexibility index (Phi) is 4.96. The highest BCUT2D eigenvalue weighted by atomic mass is 32.2. The highest BCUT2D eigenvalue weighted by Gasteiger charge is 2.32. The maximum atomic E-state index is 12.6. The number of benzene rings is 1. The van der Waals surface area contributed by atoms with Gasteiger partial charge in [-0.3, -0.25) is 4.79 Å². The highest BCUT2D eigenvalue weighted by molar-refractivity contribution is 7.89. The van der Waals surface area contributed by atoms with E-state index < -0.39 is 10.0 Å². The smallest absolute Gasteiger partial charge is 0.243 e. The predicted octanol–water partition coefficient (Wildman–Crippen LogP) is -0.492. The standard InChI is InChI=1S/C15H21N3O4S/c19-15(14-12-22-11-6-16-14)17-7-9-18(10-8-17)23(20,21)13-4-2-1-3-5-13/h1-5,14,16H,6-12H2. The molecule has 0 spiro atoms. The number of carbonyl (C=O) groups excluding carboxylic acids is 1. The first kappa shape index (κ1) is 16.4. The summed E-state index contributed by atoms with van der Waals surface area (Å²) >= 11 is 0. The topological polar surface area (TPSA) is 79.0 Å². The van der Waals surface area contributed by atoms with E-state index in [9.17, 15) is 13.2 Å². The van der Waals surface area contributed by atoms with Gasteiger partial charge in [-0.25, -0.2) is 8.42 Å². The van der Waals surface area contributed by atoms with Crippen LogP contribution < -0.4 is 5.32 Å². The van der Waals surface area contributed by atoms with Gasteiger partial charge in [0.2, 0.25) is 15.9 Å². The Morgan fingerprint density at radius 2 is 1.83 bits per heavy atom. The van der Waals surface area contributed by atoms with Gasteiger partial charge in [-0.05, 0) is 12.1 Å². The summed E-state index contributed by atoms with van der Waals surface area (Å²) in [7, 11) is -3.48. The van der Waals surface area contributed by atoms with E-state index in [1.165, 1.54) is 4.31 Å². The molecule has 7 nitrogen and oxygen atoms in total. The molecule has 0 radical (unpaired) electrons. The molecule has 1 aromatic rings. The molecule has 1 unspecified atom stereocenters. The van der Waals surface area contributed by atoms with Gasteiger partial charge < -0.3 is 15.0 Å². The normalized spacial score (nSPS) is 23.7. The Morgan fingerprint density at radius 3 is 2.43 bits per heavy atom. The molecule has 2 aliphatic rings. The summed E-state index contributed by atoms with van der Waals surface area (Å²) in [5.41, 5.74) is 0. The van der Waals surface area contributed by atoms with Gasteiger partial charge in [0.05, 0.1) is 18.1 Å². The molecule has 1 aromatic carbocycles. The maximum Gasteiger partial charge on any atom is 0.243 e. The van der Waals surface area contributed by atoms with Gasteiger partial charge in [-0.2, -0.15) is 4.31 Å². The number of rotatable bonds is 3. The molecule has 0 aliphatic carbocycles. The van der Waals surface area contributed by atoms with Crippen LogP contribution >= 0.6 is 0 Å². The summed E-state index contributed by atoms with van der Waals surface area (Å²) in [6.07, 6.45) is 0. The number of morpholine rings is 1. The molecular formula is C15H21N3O4S. The fraction of sp³-hybridized carbons (Fsp3) is 0.533. The molecule has 2 aliphatic heterocycles. The lowest BCUT2D eigenvalue weighted by atomic mass is 10.2. The molecule has 0 aromatic heterocycles. The quantitative estimate of drug-likeness (QED) is 0.804. The minimum Gasteiger partial charge on any atom is -0.378 e. The number of hydrogen-bond acceptors (Lipinski definition) is 5. The van der Waals surface area contributed by atoms with Crippen LogP contribution in [0.5, 0.6) is 0 Å². The molecular weight excluding hydrogens is 318 g/mol. The molecule has 1 atom stereocenters. The molecule has 1 N–H and O–H groups in total. The van der Waals surface area contributed by atoms with E-state index in [1.54, 1.807) is 35.2 Å². The van der Waals surface area contributed by atoms with E-state index >= 15 is 0 Å². The van der Waals surface area contributed by atoms with Crippen LogP contribution in [0.3, 0.4) is 0 Å². The summed E-state index contributed by atoms with van der Waals surface area (Å²) in [4.78, 5) is 14.4. The van der Waals surface area contributed by atoms with E-state index in [0.29, 0.717) is 50.8 Å².